The Hall–Kier alpha value is -0.0500. The third-order valence-corrected chi connectivity index (χ3v) is 2.79. The van der Waals surface area contributed by atoms with Crippen molar-refractivity contribution in [3.05, 3.63) is 34.3 Å². The molecular formula is C9H7BrCl2O. The maximum absolute atomic E-state index is 10.9. The highest BCUT2D eigenvalue weighted by molar-refractivity contribution is 9.09. The van der Waals surface area contributed by atoms with Gasteiger partial charge in [0.2, 0.25) is 0 Å². The topological polar surface area (TPSA) is 17.1 Å². The van der Waals surface area contributed by atoms with Gasteiger partial charge in [-0.05, 0) is 30.2 Å². The molecule has 0 aliphatic heterocycles. The van der Waals surface area contributed by atoms with Gasteiger partial charge in [-0.1, -0.05) is 39.7 Å². The number of halogens is 3. The number of carbonyl (C=O) groups is 1. The Morgan fingerprint density at radius 2 is 2.15 bits per heavy atom. The average molecular weight is 282 g/mol. The van der Waals surface area contributed by atoms with E-state index in [1.165, 1.54) is 0 Å². The lowest BCUT2D eigenvalue weighted by atomic mass is 10.1. The number of hydrogen-bond donors (Lipinski definition) is 0. The van der Waals surface area contributed by atoms with Crippen molar-refractivity contribution < 1.29 is 4.79 Å². The minimum Gasteiger partial charge on any atom is -0.276 e. The molecule has 1 nitrogen and oxygen atoms in total. The van der Waals surface area contributed by atoms with E-state index in [-0.39, 0.29) is 4.83 Å². The quantitative estimate of drug-likeness (QED) is 0.587. The van der Waals surface area contributed by atoms with Crippen molar-refractivity contribution in [3.8, 4) is 0 Å². The van der Waals surface area contributed by atoms with E-state index in [0.29, 0.717) is 10.6 Å². The average Bonchev–Trinajstić information content (AvgIpc) is 2.03. The van der Waals surface area contributed by atoms with Gasteiger partial charge >= 0.3 is 0 Å². The summed E-state index contributed by atoms with van der Waals surface area (Å²) in [7, 11) is 0. The molecule has 0 aliphatic carbocycles. The van der Waals surface area contributed by atoms with Crippen molar-refractivity contribution in [2.45, 2.75) is 11.8 Å². The monoisotopic (exact) mass is 280 g/mol. The zero-order chi connectivity index (χ0) is 10.0. The van der Waals surface area contributed by atoms with Crippen LogP contribution in [0.1, 0.15) is 27.7 Å². The van der Waals surface area contributed by atoms with Crippen molar-refractivity contribution in [3.63, 3.8) is 0 Å². The summed E-state index contributed by atoms with van der Waals surface area (Å²) < 4.78 is 0. The SMILES string of the molecule is CC(Br)c1cccc(C(=O)Cl)c1Cl. The minimum atomic E-state index is -0.528. The Labute approximate surface area is 95.2 Å². The molecule has 0 saturated heterocycles. The van der Waals surface area contributed by atoms with Gasteiger partial charge in [0, 0.05) is 4.83 Å². The first-order chi connectivity index (χ1) is 6.04. The Bertz CT molecular complexity index is 336. The van der Waals surface area contributed by atoms with Crippen LogP contribution in [0.5, 0.6) is 0 Å². The predicted molar refractivity (Wildman–Crippen MR) is 59.0 cm³/mol. The fraction of sp³-hybridized carbons (Fsp3) is 0.222. The van der Waals surface area contributed by atoms with E-state index in [4.69, 9.17) is 23.2 Å². The fourth-order valence-electron chi connectivity index (χ4n) is 1.01. The molecule has 0 fully saturated rings. The minimum absolute atomic E-state index is 0.107. The predicted octanol–water partition coefficient (Wildman–Crippen LogP) is 4.17. The Balaban J connectivity index is 3.26. The molecule has 1 aromatic rings. The molecule has 0 spiro atoms. The first kappa shape index (κ1) is 11.0. The number of carbonyl (C=O) groups excluding carboxylic acids is 1. The molecule has 0 radical (unpaired) electrons. The Morgan fingerprint density at radius 3 is 2.62 bits per heavy atom. The molecule has 13 heavy (non-hydrogen) atoms. The standard InChI is InChI=1S/C9H7BrCl2O/c1-5(10)6-3-2-4-7(8(6)11)9(12)13/h2-5H,1H3. The van der Waals surface area contributed by atoms with Crippen LogP contribution in [0.4, 0.5) is 0 Å². The first-order valence-corrected chi connectivity index (χ1v) is 5.33. The van der Waals surface area contributed by atoms with E-state index >= 15 is 0 Å². The van der Waals surface area contributed by atoms with Gasteiger partial charge in [0.1, 0.15) is 0 Å². The zero-order valence-corrected chi connectivity index (χ0v) is 9.95. The first-order valence-electron chi connectivity index (χ1n) is 3.66. The van der Waals surface area contributed by atoms with Crippen LogP contribution in [-0.4, -0.2) is 5.24 Å². The molecule has 0 bridgehead atoms. The largest absolute Gasteiger partial charge is 0.276 e. The summed E-state index contributed by atoms with van der Waals surface area (Å²) in [5.74, 6) is 0. The van der Waals surface area contributed by atoms with E-state index in [2.05, 4.69) is 15.9 Å². The lowest BCUT2D eigenvalue weighted by molar-refractivity contribution is 0.108. The summed E-state index contributed by atoms with van der Waals surface area (Å²) in [6.07, 6.45) is 0. The summed E-state index contributed by atoms with van der Waals surface area (Å²) in [5, 5.41) is -0.105. The van der Waals surface area contributed by atoms with Gasteiger partial charge in [-0.2, -0.15) is 0 Å². The van der Waals surface area contributed by atoms with E-state index in [0.717, 1.165) is 5.56 Å². The van der Waals surface area contributed by atoms with Crippen molar-refractivity contribution in [2.24, 2.45) is 0 Å². The van der Waals surface area contributed by atoms with Gasteiger partial charge < -0.3 is 0 Å². The van der Waals surface area contributed by atoms with Crippen LogP contribution < -0.4 is 0 Å². The highest BCUT2D eigenvalue weighted by Gasteiger charge is 2.13. The van der Waals surface area contributed by atoms with E-state index < -0.39 is 5.24 Å². The second kappa shape index (κ2) is 4.45. The number of hydrogen-bond acceptors (Lipinski definition) is 1. The highest BCUT2D eigenvalue weighted by Crippen LogP contribution is 2.31. The molecule has 0 aliphatic rings. The van der Waals surface area contributed by atoms with Crippen molar-refractivity contribution in [1.82, 2.24) is 0 Å². The molecule has 1 atom stereocenters. The van der Waals surface area contributed by atoms with Crippen LogP contribution in [0.25, 0.3) is 0 Å². The molecule has 1 rings (SSSR count). The second-order valence-corrected chi connectivity index (χ2v) is 4.69. The summed E-state index contributed by atoms with van der Waals surface area (Å²) in [6, 6.07) is 5.22. The summed E-state index contributed by atoms with van der Waals surface area (Å²) >= 11 is 14.7. The zero-order valence-electron chi connectivity index (χ0n) is 6.85. The molecule has 0 heterocycles. The van der Waals surface area contributed by atoms with E-state index in [1.807, 2.05) is 13.0 Å². The molecule has 0 aromatic heterocycles. The maximum Gasteiger partial charge on any atom is 0.253 e. The van der Waals surface area contributed by atoms with Crippen LogP contribution >= 0.6 is 39.1 Å². The normalized spacial score (nSPS) is 12.6. The second-order valence-electron chi connectivity index (χ2n) is 2.60. The van der Waals surface area contributed by atoms with Crippen LogP contribution in [0.2, 0.25) is 5.02 Å². The van der Waals surface area contributed by atoms with Gasteiger partial charge in [0.05, 0.1) is 10.6 Å². The Kier molecular flexibility index (Phi) is 3.77. The third-order valence-electron chi connectivity index (χ3n) is 1.67. The van der Waals surface area contributed by atoms with E-state index in [1.54, 1.807) is 12.1 Å². The molecule has 4 heteroatoms. The lowest BCUT2D eigenvalue weighted by Gasteiger charge is -2.08. The lowest BCUT2D eigenvalue weighted by Crippen LogP contribution is -1.94. The molecule has 70 valence electrons. The van der Waals surface area contributed by atoms with Crippen molar-refractivity contribution >= 4 is 44.4 Å². The third kappa shape index (κ3) is 2.46. The van der Waals surface area contributed by atoms with Crippen LogP contribution in [0.15, 0.2) is 18.2 Å². The van der Waals surface area contributed by atoms with Gasteiger partial charge in [-0.3, -0.25) is 4.79 Å². The van der Waals surface area contributed by atoms with Crippen LogP contribution in [-0.2, 0) is 0 Å². The van der Waals surface area contributed by atoms with Crippen LogP contribution in [0.3, 0.4) is 0 Å². The highest BCUT2D eigenvalue weighted by atomic mass is 79.9. The molecule has 0 N–H and O–H groups in total. The summed E-state index contributed by atoms with van der Waals surface area (Å²) in [5.41, 5.74) is 1.22. The fourth-order valence-corrected chi connectivity index (χ4v) is 2.10. The van der Waals surface area contributed by atoms with Gasteiger partial charge in [0.25, 0.3) is 5.24 Å². The van der Waals surface area contributed by atoms with Gasteiger partial charge in [-0.25, -0.2) is 0 Å². The molecule has 1 aromatic carbocycles. The summed E-state index contributed by atoms with van der Waals surface area (Å²) in [4.78, 5) is 11.0. The number of benzene rings is 1. The maximum atomic E-state index is 10.9. The molecule has 0 amide bonds. The van der Waals surface area contributed by atoms with Crippen LogP contribution in [0, 0.1) is 0 Å². The number of rotatable bonds is 2. The summed E-state index contributed by atoms with van der Waals surface area (Å²) in [6.45, 7) is 1.93. The Morgan fingerprint density at radius 1 is 1.54 bits per heavy atom. The smallest absolute Gasteiger partial charge is 0.253 e. The van der Waals surface area contributed by atoms with E-state index in [9.17, 15) is 4.79 Å². The van der Waals surface area contributed by atoms with Gasteiger partial charge in [-0.15, -0.1) is 0 Å². The van der Waals surface area contributed by atoms with Crippen molar-refractivity contribution in [2.75, 3.05) is 0 Å². The van der Waals surface area contributed by atoms with Gasteiger partial charge in [0.15, 0.2) is 0 Å². The van der Waals surface area contributed by atoms with Crippen molar-refractivity contribution in [1.29, 1.82) is 0 Å². The molecular weight excluding hydrogens is 275 g/mol. The molecule has 1 unspecified atom stereocenters. The molecule has 0 saturated carbocycles. The number of alkyl halides is 1.